The van der Waals surface area contributed by atoms with Crippen LogP contribution in [0.15, 0.2) is 54.4 Å². The summed E-state index contributed by atoms with van der Waals surface area (Å²) in [4.78, 5) is 4.71. The van der Waals surface area contributed by atoms with Gasteiger partial charge in [0.05, 0.1) is 23.4 Å². The first-order valence-electron chi connectivity index (χ1n) is 12.8. The van der Waals surface area contributed by atoms with Gasteiger partial charge < -0.3 is 4.57 Å². The standard InChI is InChI=1S/C27H34N2.C2H6/c1-18-12-14-26(2)19(16-18)8-9-20-21-10-11-25(27(21,3)15-13-22(20)26)29-17-28-23-6-4-5-7-24(23)29;1-2/h4-8,10-11,17-18,20-22,25H,9,12-16H2,1-3H3;1-2H3/t18-,20?,21?,22?,25?,26-,27-;/m0./s1. The second-order valence-corrected chi connectivity index (χ2v) is 11.0. The van der Waals surface area contributed by atoms with Gasteiger partial charge in [0.15, 0.2) is 0 Å². The van der Waals surface area contributed by atoms with E-state index in [1.807, 2.05) is 13.8 Å². The summed E-state index contributed by atoms with van der Waals surface area (Å²) in [5.41, 5.74) is 4.99. The molecule has 4 unspecified atom stereocenters. The van der Waals surface area contributed by atoms with Gasteiger partial charge in [-0.3, -0.25) is 0 Å². The van der Waals surface area contributed by atoms with Crippen LogP contribution < -0.4 is 0 Å². The van der Waals surface area contributed by atoms with Crippen LogP contribution in [-0.4, -0.2) is 9.55 Å². The van der Waals surface area contributed by atoms with E-state index in [9.17, 15) is 0 Å². The van der Waals surface area contributed by atoms with E-state index in [4.69, 9.17) is 4.98 Å². The van der Waals surface area contributed by atoms with Gasteiger partial charge in [-0.2, -0.15) is 0 Å². The molecule has 2 heteroatoms. The highest BCUT2D eigenvalue weighted by Gasteiger charge is 2.57. The topological polar surface area (TPSA) is 17.8 Å². The number of fused-ring (bicyclic) bond motifs is 6. The fourth-order valence-corrected chi connectivity index (χ4v) is 7.89. The average Bonchev–Trinajstić information content (AvgIpc) is 3.36. The van der Waals surface area contributed by atoms with Crippen LogP contribution in [0.2, 0.25) is 0 Å². The van der Waals surface area contributed by atoms with Crippen molar-refractivity contribution in [1.82, 2.24) is 9.55 Å². The quantitative estimate of drug-likeness (QED) is 0.431. The summed E-state index contributed by atoms with van der Waals surface area (Å²) in [6, 6.07) is 9.05. The zero-order valence-corrected chi connectivity index (χ0v) is 20.1. The summed E-state index contributed by atoms with van der Waals surface area (Å²) in [6.45, 7) is 11.6. The Bertz CT molecular complexity index is 1010. The van der Waals surface area contributed by atoms with Crippen LogP contribution in [0.3, 0.4) is 0 Å². The molecule has 1 aromatic heterocycles. The van der Waals surface area contributed by atoms with Crippen molar-refractivity contribution < 1.29 is 0 Å². The van der Waals surface area contributed by atoms with Gasteiger partial charge in [0.25, 0.3) is 0 Å². The third kappa shape index (κ3) is 3.00. The van der Waals surface area contributed by atoms with E-state index in [0.29, 0.717) is 22.8 Å². The van der Waals surface area contributed by atoms with Gasteiger partial charge in [0.1, 0.15) is 0 Å². The second kappa shape index (κ2) is 7.64. The summed E-state index contributed by atoms with van der Waals surface area (Å²) in [5, 5.41) is 0. The lowest BCUT2D eigenvalue weighted by atomic mass is 9.47. The number of aromatic nitrogens is 2. The zero-order valence-electron chi connectivity index (χ0n) is 20.1. The SMILES string of the molecule is CC.C[C@H]1CC[C@@]2(C)C(=CCC3C4C=CC(n5cnc6ccccc65)[C@@]4(C)CCC32)C1. The van der Waals surface area contributed by atoms with Gasteiger partial charge in [-0.15, -0.1) is 0 Å². The maximum absolute atomic E-state index is 4.71. The summed E-state index contributed by atoms with van der Waals surface area (Å²) in [5.74, 6) is 3.26. The summed E-state index contributed by atoms with van der Waals surface area (Å²) in [7, 11) is 0. The first-order valence-corrected chi connectivity index (χ1v) is 12.8. The minimum absolute atomic E-state index is 0.314. The highest BCUT2D eigenvalue weighted by Crippen LogP contribution is 2.65. The van der Waals surface area contributed by atoms with Crippen molar-refractivity contribution in [2.24, 2.45) is 34.5 Å². The molecule has 0 N–H and O–H groups in total. The summed E-state index contributed by atoms with van der Waals surface area (Å²) < 4.78 is 2.46. The Kier molecular flexibility index (Phi) is 5.19. The Balaban J connectivity index is 0.000000994. The van der Waals surface area contributed by atoms with E-state index in [2.05, 4.69) is 74.2 Å². The van der Waals surface area contributed by atoms with E-state index in [1.165, 1.54) is 44.0 Å². The monoisotopic (exact) mass is 416 g/mol. The summed E-state index contributed by atoms with van der Waals surface area (Å²) >= 11 is 0. The van der Waals surface area contributed by atoms with Crippen LogP contribution in [0.4, 0.5) is 0 Å². The summed E-state index contributed by atoms with van der Waals surface area (Å²) in [6.07, 6.45) is 18.1. The number of benzene rings is 1. The van der Waals surface area contributed by atoms with Crippen molar-refractivity contribution in [2.75, 3.05) is 0 Å². The van der Waals surface area contributed by atoms with Gasteiger partial charge in [-0.1, -0.05) is 70.6 Å². The van der Waals surface area contributed by atoms with Gasteiger partial charge in [-0.25, -0.2) is 4.98 Å². The predicted octanol–water partition coefficient (Wildman–Crippen LogP) is 7.98. The van der Waals surface area contributed by atoms with Crippen molar-refractivity contribution in [3.05, 3.63) is 54.4 Å². The number of rotatable bonds is 1. The Labute approximate surface area is 188 Å². The molecule has 0 spiro atoms. The van der Waals surface area contributed by atoms with Crippen LogP contribution in [-0.2, 0) is 0 Å². The molecule has 1 aromatic carbocycles. The molecule has 166 valence electrons. The molecular formula is C29H40N2. The van der Waals surface area contributed by atoms with E-state index in [1.54, 1.807) is 5.57 Å². The first kappa shape index (κ1) is 21.0. The second-order valence-electron chi connectivity index (χ2n) is 11.0. The lowest BCUT2D eigenvalue weighted by Gasteiger charge is -2.58. The first-order chi connectivity index (χ1) is 15.0. The molecular weight excluding hydrogens is 376 g/mol. The third-order valence-electron chi connectivity index (χ3n) is 9.60. The molecule has 0 aliphatic heterocycles. The van der Waals surface area contributed by atoms with Crippen molar-refractivity contribution in [1.29, 1.82) is 0 Å². The fourth-order valence-electron chi connectivity index (χ4n) is 7.89. The maximum atomic E-state index is 4.71. The lowest BCUT2D eigenvalue weighted by molar-refractivity contribution is -0.0305. The lowest BCUT2D eigenvalue weighted by Crippen LogP contribution is -2.50. The molecule has 31 heavy (non-hydrogen) atoms. The number of para-hydroxylation sites is 2. The molecule has 4 aliphatic rings. The molecule has 0 amide bonds. The highest BCUT2D eigenvalue weighted by atomic mass is 15.1. The molecule has 2 fully saturated rings. The average molecular weight is 417 g/mol. The third-order valence-corrected chi connectivity index (χ3v) is 9.60. The van der Waals surface area contributed by atoms with Crippen LogP contribution in [0.5, 0.6) is 0 Å². The molecule has 0 bridgehead atoms. The molecule has 0 saturated heterocycles. The normalized spacial score (nSPS) is 40.9. The maximum Gasteiger partial charge on any atom is 0.0964 e. The molecule has 6 rings (SSSR count). The van der Waals surface area contributed by atoms with Gasteiger partial charge >= 0.3 is 0 Å². The van der Waals surface area contributed by atoms with Crippen LogP contribution in [0.1, 0.15) is 79.2 Å². The van der Waals surface area contributed by atoms with Gasteiger partial charge in [0, 0.05) is 0 Å². The van der Waals surface area contributed by atoms with E-state index in [0.717, 1.165) is 23.3 Å². The Hall–Kier alpha value is -1.83. The number of nitrogens with zero attached hydrogens (tertiary/aromatic N) is 2. The van der Waals surface area contributed by atoms with E-state index >= 15 is 0 Å². The minimum Gasteiger partial charge on any atom is -0.323 e. The van der Waals surface area contributed by atoms with Gasteiger partial charge in [0.2, 0.25) is 0 Å². The van der Waals surface area contributed by atoms with Crippen LogP contribution in [0.25, 0.3) is 11.0 Å². The Morgan fingerprint density at radius 1 is 1.03 bits per heavy atom. The molecule has 2 nitrogen and oxygen atoms in total. The Morgan fingerprint density at radius 3 is 2.68 bits per heavy atom. The number of allylic oxidation sites excluding steroid dienone is 4. The zero-order chi connectivity index (χ0) is 21.8. The molecule has 2 aromatic rings. The molecule has 7 atom stereocenters. The number of hydrogen-bond donors (Lipinski definition) is 0. The predicted molar refractivity (Wildman–Crippen MR) is 131 cm³/mol. The molecule has 4 aliphatic carbocycles. The van der Waals surface area contributed by atoms with Crippen LogP contribution >= 0.6 is 0 Å². The van der Waals surface area contributed by atoms with Crippen molar-refractivity contribution in [2.45, 2.75) is 79.2 Å². The highest BCUT2D eigenvalue weighted by molar-refractivity contribution is 5.75. The van der Waals surface area contributed by atoms with Crippen LogP contribution in [0, 0.1) is 34.5 Å². The van der Waals surface area contributed by atoms with Crippen molar-refractivity contribution >= 4 is 11.0 Å². The Morgan fingerprint density at radius 2 is 1.84 bits per heavy atom. The fraction of sp³-hybridized carbons (Fsp3) is 0.621. The minimum atomic E-state index is 0.314. The van der Waals surface area contributed by atoms with E-state index < -0.39 is 0 Å². The van der Waals surface area contributed by atoms with E-state index in [-0.39, 0.29) is 0 Å². The molecule has 2 saturated carbocycles. The van der Waals surface area contributed by atoms with Crippen molar-refractivity contribution in [3.8, 4) is 0 Å². The molecule has 0 radical (unpaired) electrons. The van der Waals surface area contributed by atoms with Gasteiger partial charge in [-0.05, 0) is 85.2 Å². The largest absolute Gasteiger partial charge is 0.323 e. The molecule has 1 heterocycles. The number of imidazole rings is 1. The number of hydrogen-bond acceptors (Lipinski definition) is 1. The smallest absolute Gasteiger partial charge is 0.0964 e. The van der Waals surface area contributed by atoms with Crippen molar-refractivity contribution in [3.63, 3.8) is 0 Å².